The molecule has 0 aromatic heterocycles. The summed E-state index contributed by atoms with van der Waals surface area (Å²) in [5, 5.41) is 14.4. The fraction of sp³-hybridized carbons (Fsp3) is 0.400. The maximum absolute atomic E-state index is 12.2. The summed E-state index contributed by atoms with van der Waals surface area (Å²) in [6.07, 6.45) is -0.112. The maximum atomic E-state index is 12.2. The summed E-state index contributed by atoms with van der Waals surface area (Å²) in [7, 11) is 0. The predicted molar refractivity (Wildman–Crippen MR) is 129 cm³/mol. The van der Waals surface area contributed by atoms with Crippen LogP contribution < -0.4 is 10.6 Å². The molecule has 0 bridgehead atoms. The van der Waals surface area contributed by atoms with Crippen LogP contribution >= 0.6 is 11.8 Å². The highest BCUT2D eigenvalue weighted by Crippen LogP contribution is 2.44. The highest BCUT2D eigenvalue weighted by molar-refractivity contribution is 7.99. The maximum Gasteiger partial charge on any atom is 0.407 e. The van der Waals surface area contributed by atoms with E-state index in [0.717, 1.165) is 11.1 Å². The zero-order valence-electron chi connectivity index (χ0n) is 18.9. The molecule has 8 heteroatoms. The van der Waals surface area contributed by atoms with Gasteiger partial charge in [0.1, 0.15) is 12.6 Å². The molecule has 1 aliphatic rings. The van der Waals surface area contributed by atoms with Crippen molar-refractivity contribution in [2.45, 2.75) is 32.2 Å². The van der Waals surface area contributed by atoms with Crippen molar-refractivity contribution in [2.24, 2.45) is 5.92 Å². The fourth-order valence-corrected chi connectivity index (χ4v) is 4.63. The van der Waals surface area contributed by atoms with E-state index in [1.807, 2.05) is 38.1 Å². The Morgan fingerprint density at radius 1 is 1.03 bits per heavy atom. The summed E-state index contributed by atoms with van der Waals surface area (Å²) in [4.78, 5) is 35.4. The lowest BCUT2D eigenvalue weighted by molar-refractivity contribution is -0.141. The number of carboxylic acids is 1. The first-order valence-electron chi connectivity index (χ1n) is 11.1. The van der Waals surface area contributed by atoms with Crippen LogP contribution in [0.4, 0.5) is 4.79 Å². The van der Waals surface area contributed by atoms with Crippen molar-refractivity contribution in [2.75, 3.05) is 24.7 Å². The Bertz CT molecular complexity index is 949. The van der Waals surface area contributed by atoms with Crippen molar-refractivity contribution >= 4 is 29.7 Å². The van der Waals surface area contributed by atoms with Gasteiger partial charge in [0, 0.05) is 18.2 Å². The Hall–Kier alpha value is -3.00. The van der Waals surface area contributed by atoms with Crippen LogP contribution in [0.1, 0.15) is 37.3 Å². The van der Waals surface area contributed by atoms with Crippen LogP contribution in [0.25, 0.3) is 11.1 Å². The minimum absolute atomic E-state index is 0.00856. The molecule has 2 aromatic carbocycles. The van der Waals surface area contributed by atoms with Crippen molar-refractivity contribution < 1.29 is 24.2 Å². The fourth-order valence-electron chi connectivity index (χ4n) is 3.97. The largest absolute Gasteiger partial charge is 0.480 e. The van der Waals surface area contributed by atoms with Crippen LogP contribution in [0, 0.1) is 5.92 Å². The molecule has 0 radical (unpaired) electrons. The van der Waals surface area contributed by atoms with Crippen molar-refractivity contribution in [3.05, 3.63) is 59.7 Å². The monoisotopic (exact) mass is 470 g/mol. The van der Waals surface area contributed by atoms with Crippen LogP contribution in [0.5, 0.6) is 0 Å². The standard InChI is InChI=1S/C25H30N2O5S/c1-16(2)13-22(24(29)30)27-23(28)15-33-12-11-26-25(31)32-14-21-19-9-5-3-7-17(19)18-8-4-6-10-20(18)21/h3-10,16,21-22H,11-15H2,1-2H3,(H,26,31)(H,27,28)(H,29,30). The molecule has 0 saturated carbocycles. The first-order valence-corrected chi connectivity index (χ1v) is 12.2. The first kappa shape index (κ1) is 24.6. The molecule has 1 atom stereocenters. The summed E-state index contributed by atoms with van der Waals surface area (Å²) in [6.45, 7) is 4.42. The van der Waals surface area contributed by atoms with E-state index < -0.39 is 18.1 Å². The number of thioether (sulfide) groups is 1. The molecule has 33 heavy (non-hydrogen) atoms. The van der Waals surface area contributed by atoms with Crippen LogP contribution in [-0.4, -0.2) is 53.8 Å². The molecule has 1 aliphatic carbocycles. The molecule has 7 nitrogen and oxygen atoms in total. The smallest absolute Gasteiger partial charge is 0.407 e. The number of hydrogen-bond donors (Lipinski definition) is 3. The number of nitrogens with one attached hydrogen (secondary N) is 2. The number of aliphatic carboxylic acids is 1. The second-order valence-corrected chi connectivity index (χ2v) is 9.50. The van der Waals surface area contributed by atoms with Crippen LogP contribution in [0.3, 0.4) is 0 Å². The first-order chi connectivity index (χ1) is 15.9. The van der Waals surface area contributed by atoms with Gasteiger partial charge in [0.25, 0.3) is 0 Å². The Balaban J connectivity index is 1.37. The van der Waals surface area contributed by atoms with Crippen LogP contribution in [0.15, 0.2) is 48.5 Å². The number of alkyl carbamates (subject to hydrolysis) is 1. The van der Waals surface area contributed by atoms with Gasteiger partial charge in [0.15, 0.2) is 0 Å². The second-order valence-electron chi connectivity index (χ2n) is 8.39. The third-order valence-corrected chi connectivity index (χ3v) is 6.39. The molecule has 0 spiro atoms. The summed E-state index contributed by atoms with van der Waals surface area (Å²) in [6, 6.07) is 15.4. The topological polar surface area (TPSA) is 105 Å². The van der Waals surface area contributed by atoms with E-state index in [4.69, 9.17) is 4.74 Å². The van der Waals surface area contributed by atoms with Crippen molar-refractivity contribution in [3.63, 3.8) is 0 Å². The molecule has 0 heterocycles. The van der Waals surface area contributed by atoms with Crippen LogP contribution in [-0.2, 0) is 14.3 Å². The third kappa shape index (κ3) is 6.74. The zero-order chi connectivity index (χ0) is 23.8. The van der Waals surface area contributed by atoms with Gasteiger partial charge in [-0.05, 0) is 34.6 Å². The minimum atomic E-state index is -1.03. The van der Waals surface area contributed by atoms with Gasteiger partial charge in [-0.15, -0.1) is 0 Å². The predicted octanol–water partition coefficient (Wildman–Crippen LogP) is 3.87. The van der Waals surface area contributed by atoms with Gasteiger partial charge in [0.2, 0.25) is 5.91 Å². The number of benzene rings is 2. The van der Waals surface area contributed by atoms with E-state index in [2.05, 4.69) is 34.9 Å². The van der Waals surface area contributed by atoms with Crippen molar-refractivity contribution in [1.29, 1.82) is 0 Å². The average Bonchev–Trinajstić information content (AvgIpc) is 3.10. The lowest BCUT2D eigenvalue weighted by Crippen LogP contribution is -2.42. The molecule has 2 aromatic rings. The van der Waals surface area contributed by atoms with Crippen molar-refractivity contribution in [1.82, 2.24) is 10.6 Å². The normalized spacial score (nSPS) is 13.2. The lowest BCUT2D eigenvalue weighted by atomic mass is 9.98. The molecule has 3 rings (SSSR count). The molecule has 176 valence electrons. The van der Waals surface area contributed by atoms with E-state index in [0.29, 0.717) is 18.7 Å². The molecule has 0 aliphatic heterocycles. The van der Waals surface area contributed by atoms with Crippen LogP contribution in [0.2, 0.25) is 0 Å². The van der Waals surface area contributed by atoms with E-state index in [-0.39, 0.29) is 30.1 Å². The van der Waals surface area contributed by atoms with Gasteiger partial charge in [-0.1, -0.05) is 62.4 Å². The third-order valence-electron chi connectivity index (χ3n) is 5.43. The Labute approximate surface area is 198 Å². The van der Waals surface area contributed by atoms with E-state index in [9.17, 15) is 19.5 Å². The van der Waals surface area contributed by atoms with Crippen molar-refractivity contribution in [3.8, 4) is 11.1 Å². The summed E-state index contributed by atoms with van der Waals surface area (Å²) in [5.41, 5.74) is 4.67. The number of hydrogen-bond acceptors (Lipinski definition) is 5. The summed E-state index contributed by atoms with van der Waals surface area (Å²) < 4.78 is 5.48. The number of carbonyl (C=O) groups excluding carboxylic acids is 2. The van der Waals surface area contributed by atoms with Gasteiger partial charge >= 0.3 is 12.1 Å². The molecular formula is C25H30N2O5S. The van der Waals surface area contributed by atoms with Gasteiger partial charge in [-0.25, -0.2) is 9.59 Å². The Morgan fingerprint density at radius 2 is 1.64 bits per heavy atom. The lowest BCUT2D eigenvalue weighted by Gasteiger charge is -2.16. The average molecular weight is 471 g/mol. The van der Waals surface area contributed by atoms with Gasteiger partial charge < -0.3 is 20.5 Å². The molecule has 2 amide bonds. The number of rotatable bonds is 11. The highest BCUT2D eigenvalue weighted by Gasteiger charge is 2.29. The number of fused-ring (bicyclic) bond motifs is 3. The number of amides is 2. The molecular weight excluding hydrogens is 440 g/mol. The quantitative estimate of drug-likeness (QED) is 0.431. The molecule has 3 N–H and O–H groups in total. The highest BCUT2D eigenvalue weighted by atomic mass is 32.2. The summed E-state index contributed by atoms with van der Waals surface area (Å²) in [5.74, 6) is -0.531. The minimum Gasteiger partial charge on any atom is -0.480 e. The van der Waals surface area contributed by atoms with E-state index in [1.54, 1.807) is 0 Å². The molecule has 0 saturated heterocycles. The van der Waals surface area contributed by atoms with Gasteiger partial charge in [-0.3, -0.25) is 4.79 Å². The summed E-state index contributed by atoms with van der Waals surface area (Å²) >= 11 is 1.33. The van der Waals surface area contributed by atoms with Gasteiger partial charge in [0.05, 0.1) is 5.75 Å². The molecule has 1 unspecified atom stereocenters. The number of carboxylic acid groups (broad SMARTS) is 1. The SMILES string of the molecule is CC(C)CC(NC(=O)CSCCNC(=O)OCC1c2ccccc2-c2ccccc21)C(=O)O. The zero-order valence-corrected chi connectivity index (χ0v) is 19.7. The number of ether oxygens (including phenoxy) is 1. The van der Waals surface area contributed by atoms with Gasteiger partial charge in [-0.2, -0.15) is 11.8 Å². The second kappa shape index (κ2) is 11.7. The number of carbonyl (C=O) groups is 3. The molecule has 0 fully saturated rings. The Kier molecular flexibility index (Phi) is 8.77. The van der Waals surface area contributed by atoms with E-state index >= 15 is 0 Å². The Morgan fingerprint density at radius 3 is 2.21 bits per heavy atom. The van der Waals surface area contributed by atoms with E-state index in [1.165, 1.54) is 22.9 Å².